The molecule has 0 saturated heterocycles. The van der Waals surface area contributed by atoms with Crippen LogP contribution in [-0.2, 0) is 7.05 Å². The molecule has 14 nitrogen and oxygen atoms in total. The maximum atomic E-state index is 16.1. The number of rotatable bonds is 10. The minimum atomic E-state index is -1.37. The fraction of sp³-hybridized carbons (Fsp3) is 0.0667. The van der Waals surface area contributed by atoms with Crippen molar-refractivity contribution >= 4 is 5.84 Å². The summed E-state index contributed by atoms with van der Waals surface area (Å²) in [4.78, 5) is 8.24. The van der Waals surface area contributed by atoms with Crippen LogP contribution in [0.4, 0.5) is 8.78 Å². The Morgan fingerprint density at radius 2 is 1.74 bits per heavy atom. The van der Waals surface area contributed by atoms with Crippen LogP contribution in [0.15, 0.2) is 73.1 Å². The third kappa shape index (κ3) is 5.81. The maximum Gasteiger partial charge on any atom is 0.263 e. The number of nitrogens with zero attached hydrogens (tertiary/aromatic N) is 6. The van der Waals surface area contributed by atoms with Crippen molar-refractivity contribution in [3.8, 4) is 69.0 Å². The lowest BCUT2D eigenvalue weighted by Gasteiger charge is -2.16. The number of aromatic amines is 1. The molecule has 0 radical (unpaired) electrons. The van der Waals surface area contributed by atoms with Crippen LogP contribution in [0.25, 0.3) is 22.8 Å². The van der Waals surface area contributed by atoms with Crippen LogP contribution in [-0.4, -0.2) is 53.2 Å². The van der Waals surface area contributed by atoms with Gasteiger partial charge in [-0.2, -0.15) is 13.8 Å². The smallest absolute Gasteiger partial charge is 0.263 e. The van der Waals surface area contributed by atoms with Crippen LogP contribution in [0.2, 0.25) is 0 Å². The number of pyridine rings is 1. The molecule has 3 aromatic carbocycles. The molecule has 6 rings (SSSR count). The molecule has 5 N–H and O–H groups in total. The second kappa shape index (κ2) is 12.2. The van der Waals surface area contributed by atoms with Gasteiger partial charge in [0.05, 0.1) is 7.11 Å². The van der Waals surface area contributed by atoms with Gasteiger partial charge < -0.3 is 34.4 Å². The molecule has 3 aromatic heterocycles. The van der Waals surface area contributed by atoms with Gasteiger partial charge in [0.25, 0.3) is 11.8 Å². The molecule has 0 amide bonds. The first-order chi connectivity index (χ1) is 22.2. The molecule has 3 heterocycles. The van der Waals surface area contributed by atoms with Crippen molar-refractivity contribution in [3.05, 3.63) is 90.3 Å². The number of halogens is 2. The van der Waals surface area contributed by atoms with Gasteiger partial charge in [-0.15, -0.1) is 5.10 Å². The molecule has 46 heavy (non-hydrogen) atoms. The number of hydrogen-bond donors (Lipinski definition) is 4. The summed E-state index contributed by atoms with van der Waals surface area (Å²) < 4.78 is 56.3. The molecule has 0 bridgehead atoms. The van der Waals surface area contributed by atoms with Crippen molar-refractivity contribution in [3.63, 3.8) is 0 Å². The predicted molar refractivity (Wildman–Crippen MR) is 158 cm³/mol. The van der Waals surface area contributed by atoms with Crippen LogP contribution >= 0.6 is 0 Å². The number of phenols is 1. The summed E-state index contributed by atoms with van der Waals surface area (Å²) in [5.41, 5.74) is 6.88. The number of ether oxygens (including phenoxy) is 4. The number of aromatic nitrogens is 7. The van der Waals surface area contributed by atoms with Crippen molar-refractivity contribution in [2.75, 3.05) is 7.11 Å². The van der Waals surface area contributed by atoms with E-state index in [9.17, 15) is 5.11 Å². The highest BCUT2D eigenvalue weighted by Crippen LogP contribution is 2.43. The molecule has 0 atom stereocenters. The highest BCUT2D eigenvalue weighted by molar-refractivity contribution is 5.95. The predicted octanol–water partition coefficient (Wildman–Crippen LogP) is 5.32. The Balaban J connectivity index is 1.43. The quantitative estimate of drug-likeness (QED) is 0.114. The first-order valence-corrected chi connectivity index (χ1v) is 13.3. The van der Waals surface area contributed by atoms with E-state index in [4.69, 9.17) is 30.1 Å². The average molecular weight is 628 g/mol. The molecule has 0 aliphatic carbocycles. The lowest BCUT2D eigenvalue weighted by atomic mass is 10.2. The standard InChI is InChI=1S/C30H23F2N9O5/c1-41-11-10-35-28(41)17-4-3-5-18(12-17)44-29-23(31)25(45-20-9-7-16(14-22(20)43-2)27-37-39-40-38-27)24(32)30(36-29)46-21-13-15(26(33)34)6-8-19(21)42/h3-14,42H,1-2H3,(H3,33,34)(H,37,38,39,40). The number of aromatic hydroxyl groups is 1. The molecule has 0 aliphatic heterocycles. The summed E-state index contributed by atoms with van der Waals surface area (Å²) >= 11 is 0. The number of nitrogens with one attached hydrogen (secondary N) is 2. The van der Waals surface area contributed by atoms with Crippen LogP contribution in [0.5, 0.6) is 46.3 Å². The zero-order chi connectivity index (χ0) is 32.4. The number of benzene rings is 3. The van der Waals surface area contributed by atoms with E-state index in [1.165, 1.54) is 37.4 Å². The summed E-state index contributed by atoms with van der Waals surface area (Å²) in [7, 11) is 3.15. The first-order valence-electron chi connectivity index (χ1n) is 13.3. The normalized spacial score (nSPS) is 10.9. The van der Waals surface area contributed by atoms with E-state index in [0.717, 1.165) is 0 Å². The maximum absolute atomic E-state index is 16.1. The van der Waals surface area contributed by atoms with Crippen LogP contribution in [0.3, 0.4) is 0 Å². The molecule has 0 saturated carbocycles. The van der Waals surface area contributed by atoms with Gasteiger partial charge in [0.15, 0.2) is 28.8 Å². The van der Waals surface area contributed by atoms with Crippen molar-refractivity contribution < 1.29 is 32.8 Å². The van der Waals surface area contributed by atoms with E-state index >= 15 is 8.78 Å². The van der Waals surface area contributed by atoms with Crippen molar-refractivity contribution in [1.82, 2.24) is 35.2 Å². The number of amidine groups is 1. The van der Waals surface area contributed by atoms with E-state index in [2.05, 4.69) is 30.6 Å². The number of methoxy groups -OCH3 is 1. The van der Waals surface area contributed by atoms with Crippen LogP contribution in [0.1, 0.15) is 5.56 Å². The Hall–Kier alpha value is -6.58. The number of nitrogen functional groups attached to an aromatic ring is 1. The Kier molecular flexibility index (Phi) is 7.82. The molecule has 0 unspecified atom stereocenters. The lowest BCUT2D eigenvalue weighted by molar-refractivity contribution is 0.322. The zero-order valence-electron chi connectivity index (χ0n) is 24.0. The summed E-state index contributed by atoms with van der Waals surface area (Å²) in [6, 6.07) is 14.8. The molecular formula is C30H23F2N9O5. The Labute approximate surface area is 258 Å². The highest BCUT2D eigenvalue weighted by atomic mass is 19.1. The minimum Gasteiger partial charge on any atom is -0.504 e. The van der Waals surface area contributed by atoms with Gasteiger partial charge in [0.2, 0.25) is 17.4 Å². The second-order valence-electron chi connectivity index (χ2n) is 9.59. The first kappa shape index (κ1) is 29.5. The molecule has 16 heteroatoms. The summed E-state index contributed by atoms with van der Waals surface area (Å²) in [5.74, 6) is -5.17. The number of phenolic OH excluding ortho intramolecular Hbond substituents is 1. The topological polar surface area (TPSA) is 192 Å². The fourth-order valence-electron chi connectivity index (χ4n) is 4.32. The van der Waals surface area contributed by atoms with Gasteiger partial charge in [-0.25, -0.2) is 10.1 Å². The minimum absolute atomic E-state index is 0.0853. The Bertz CT molecular complexity index is 2070. The van der Waals surface area contributed by atoms with E-state index in [1.807, 2.05) is 7.05 Å². The van der Waals surface area contributed by atoms with E-state index < -0.39 is 34.9 Å². The van der Waals surface area contributed by atoms with E-state index in [-0.39, 0.29) is 34.4 Å². The number of H-pyrrole nitrogens is 1. The molecule has 6 aromatic rings. The van der Waals surface area contributed by atoms with Gasteiger partial charge in [-0.05, 0) is 59.0 Å². The Morgan fingerprint density at radius 1 is 0.935 bits per heavy atom. The molecule has 0 aliphatic rings. The van der Waals surface area contributed by atoms with Crippen molar-refractivity contribution in [1.29, 1.82) is 5.41 Å². The summed E-state index contributed by atoms with van der Waals surface area (Å²) in [6.45, 7) is 0. The second-order valence-corrected chi connectivity index (χ2v) is 9.59. The third-order valence-corrected chi connectivity index (χ3v) is 6.58. The largest absolute Gasteiger partial charge is 0.504 e. The number of aryl methyl sites for hydroxylation is 1. The fourth-order valence-corrected chi connectivity index (χ4v) is 4.32. The van der Waals surface area contributed by atoms with Crippen LogP contribution in [0, 0.1) is 17.0 Å². The monoisotopic (exact) mass is 627 g/mol. The average Bonchev–Trinajstić information content (AvgIpc) is 3.75. The van der Waals surface area contributed by atoms with Gasteiger partial charge in [0, 0.05) is 36.1 Å². The molecule has 0 fully saturated rings. The van der Waals surface area contributed by atoms with Crippen molar-refractivity contribution in [2.45, 2.75) is 0 Å². The van der Waals surface area contributed by atoms with Gasteiger partial charge in [0.1, 0.15) is 17.4 Å². The molecule has 232 valence electrons. The number of tetrazole rings is 1. The van der Waals surface area contributed by atoms with Crippen LogP contribution < -0.4 is 24.7 Å². The molecular weight excluding hydrogens is 604 g/mol. The lowest BCUT2D eigenvalue weighted by Crippen LogP contribution is -2.11. The van der Waals surface area contributed by atoms with E-state index in [0.29, 0.717) is 22.8 Å². The summed E-state index contributed by atoms with van der Waals surface area (Å²) in [5, 5.41) is 31.6. The highest BCUT2D eigenvalue weighted by Gasteiger charge is 2.28. The van der Waals surface area contributed by atoms with Crippen molar-refractivity contribution in [2.24, 2.45) is 12.8 Å². The van der Waals surface area contributed by atoms with E-state index in [1.54, 1.807) is 47.3 Å². The number of hydrogen-bond acceptors (Lipinski definition) is 11. The summed E-state index contributed by atoms with van der Waals surface area (Å²) in [6.07, 6.45) is 3.38. The third-order valence-electron chi connectivity index (χ3n) is 6.58. The zero-order valence-corrected chi connectivity index (χ0v) is 24.0. The SMILES string of the molecule is COc1cc(-c2nnn[nH]2)ccc1Oc1c(F)c(Oc2cccc(-c3nccn3C)c2)nc(Oc2cc(C(=N)N)ccc2O)c1F. The van der Waals surface area contributed by atoms with Gasteiger partial charge in [-0.1, -0.05) is 12.1 Å². The van der Waals surface area contributed by atoms with Gasteiger partial charge >= 0.3 is 0 Å². The number of nitrogens with two attached hydrogens (primary N) is 1. The Morgan fingerprint density at radius 3 is 2.43 bits per heavy atom. The van der Waals surface area contributed by atoms with Gasteiger partial charge in [-0.3, -0.25) is 5.41 Å². The number of imidazole rings is 1. The molecule has 0 spiro atoms.